The van der Waals surface area contributed by atoms with Gasteiger partial charge in [0.1, 0.15) is 5.75 Å². The van der Waals surface area contributed by atoms with Crippen molar-refractivity contribution < 1.29 is 9.53 Å². The fourth-order valence-electron chi connectivity index (χ4n) is 2.17. The summed E-state index contributed by atoms with van der Waals surface area (Å²) >= 11 is 3.51. The van der Waals surface area contributed by atoms with Gasteiger partial charge in [-0.2, -0.15) is 0 Å². The van der Waals surface area contributed by atoms with Gasteiger partial charge in [-0.1, -0.05) is 50.2 Å². The molecule has 0 heterocycles. The molecule has 0 fully saturated rings. The Hall–Kier alpha value is -1.81. The second-order valence-electron chi connectivity index (χ2n) is 5.55. The van der Waals surface area contributed by atoms with E-state index in [0.717, 1.165) is 16.5 Å². The van der Waals surface area contributed by atoms with E-state index in [-0.39, 0.29) is 12.5 Å². The van der Waals surface area contributed by atoms with E-state index in [0.29, 0.717) is 18.2 Å². The summed E-state index contributed by atoms with van der Waals surface area (Å²) in [5.74, 6) is 1.06. The molecular weight excluding hydrogens is 354 g/mol. The van der Waals surface area contributed by atoms with Crippen molar-refractivity contribution in [2.24, 2.45) is 0 Å². The smallest absolute Gasteiger partial charge is 0.258 e. The monoisotopic (exact) mass is 375 g/mol. The second-order valence-corrected chi connectivity index (χ2v) is 6.40. The van der Waals surface area contributed by atoms with Crippen molar-refractivity contribution in [3.05, 3.63) is 64.1 Å². The molecule has 1 atom stereocenters. The lowest BCUT2D eigenvalue weighted by molar-refractivity contribution is -0.123. The van der Waals surface area contributed by atoms with Crippen LogP contribution in [0.4, 0.5) is 0 Å². The lowest BCUT2D eigenvalue weighted by atomic mass is 9.99. The Morgan fingerprint density at radius 1 is 1.22 bits per heavy atom. The largest absolute Gasteiger partial charge is 0.483 e. The van der Waals surface area contributed by atoms with E-state index in [1.807, 2.05) is 36.4 Å². The van der Waals surface area contributed by atoms with E-state index in [1.165, 1.54) is 5.56 Å². The third-order valence-electron chi connectivity index (χ3n) is 3.83. The minimum atomic E-state index is -0.133. The van der Waals surface area contributed by atoms with Gasteiger partial charge in [-0.05, 0) is 51.5 Å². The first-order chi connectivity index (χ1) is 11.1. The molecule has 1 unspecified atom stereocenters. The fraction of sp³-hybridized carbons (Fsp3) is 0.316. The van der Waals surface area contributed by atoms with E-state index in [4.69, 9.17) is 4.74 Å². The molecule has 0 aliphatic carbocycles. The summed E-state index contributed by atoms with van der Waals surface area (Å²) in [7, 11) is 0. The molecule has 0 aromatic heterocycles. The minimum absolute atomic E-state index is 0.00805. The minimum Gasteiger partial charge on any atom is -0.483 e. The fourth-order valence-corrected chi connectivity index (χ4v) is 2.68. The van der Waals surface area contributed by atoms with Crippen molar-refractivity contribution in [1.82, 2.24) is 5.32 Å². The van der Waals surface area contributed by atoms with Gasteiger partial charge in [0.2, 0.25) is 0 Å². The maximum Gasteiger partial charge on any atom is 0.258 e. The van der Waals surface area contributed by atoms with Gasteiger partial charge >= 0.3 is 0 Å². The van der Waals surface area contributed by atoms with Crippen LogP contribution in [0.3, 0.4) is 0 Å². The number of hydrogen-bond acceptors (Lipinski definition) is 2. The number of carbonyl (C=O) groups excluding carboxylic acids is 1. The normalized spacial score (nSPS) is 11.8. The van der Waals surface area contributed by atoms with Crippen LogP contribution in [0.15, 0.2) is 53.0 Å². The van der Waals surface area contributed by atoms with E-state index in [1.54, 1.807) is 0 Å². The maximum absolute atomic E-state index is 11.9. The zero-order valence-electron chi connectivity index (χ0n) is 13.5. The van der Waals surface area contributed by atoms with E-state index in [2.05, 4.69) is 47.2 Å². The Morgan fingerprint density at radius 3 is 2.61 bits per heavy atom. The van der Waals surface area contributed by atoms with Gasteiger partial charge in [0, 0.05) is 6.54 Å². The summed E-state index contributed by atoms with van der Waals surface area (Å²) in [6, 6.07) is 15.8. The van der Waals surface area contributed by atoms with E-state index < -0.39 is 0 Å². The Bertz CT molecular complexity index is 643. The number of benzene rings is 2. The number of halogens is 1. The first-order valence-corrected chi connectivity index (χ1v) is 8.62. The predicted molar refractivity (Wildman–Crippen MR) is 96.6 cm³/mol. The number of hydrogen-bond donors (Lipinski definition) is 1. The SMILES string of the molecule is CCC(C)c1ccc(OCC(=O)NCc2ccccc2)c(Br)c1. The summed E-state index contributed by atoms with van der Waals surface area (Å²) in [6.45, 7) is 4.88. The Balaban J connectivity index is 1.84. The van der Waals surface area contributed by atoms with Crippen molar-refractivity contribution in [3.8, 4) is 5.75 Å². The molecule has 0 radical (unpaired) electrons. The molecule has 0 bridgehead atoms. The Labute approximate surface area is 146 Å². The molecule has 0 spiro atoms. The van der Waals surface area contributed by atoms with Crippen LogP contribution >= 0.6 is 15.9 Å². The van der Waals surface area contributed by atoms with E-state index >= 15 is 0 Å². The molecule has 4 heteroatoms. The number of amides is 1. The van der Waals surface area contributed by atoms with Gasteiger partial charge in [0.05, 0.1) is 4.47 Å². The van der Waals surface area contributed by atoms with E-state index in [9.17, 15) is 4.79 Å². The van der Waals surface area contributed by atoms with Crippen molar-refractivity contribution >= 4 is 21.8 Å². The third kappa shape index (κ3) is 5.39. The standard InChI is InChI=1S/C19H22BrNO2/c1-3-14(2)16-9-10-18(17(20)11-16)23-13-19(22)21-12-15-7-5-4-6-8-15/h4-11,14H,3,12-13H2,1-2H3,(H,21,22). The van der Waals surface area contributed by atoms with Crippen LogP contribution < -0.4 is 10.1 Å². The van der Waals surface area contributed by atoms with Crippen molar-refractivity contribution in [2.45, 2.75) is 32.7 Å². The Kier molecular flexibility index (Phi) is 6.66. The molecule has 0 saturated carbocycles. The highest BCUT2D eigenvalue weighted by atomic mass is 79.9. The van der Waals surface area contributed by atoms with Gasteiger partial charge in [0.25, 0.3) is 5.91 Å². The molecule has 122 valence electrons. The number of carbonyl (C=O) groups is 1. The first kappa shape index (κ1) is 17.5. The Morgan fingerprint density at radius 2 is 1.96 bits per heavy atom. The van der Waals surface area contributed by atoms with Gasteiger partial charge in [-0.25, -0.2) is 0 Å². The highest BCUT2D eigenvalue weighted by Gasteiger charge is 2.09. The van der Waals surface area contributed by atoms with Crippen LogP contribution in [0, 0.1) is 0 Å². The molecule has 0 saturated heterocycles. The molecule has 23 heavy (non-hydrogen) atoms. The molecule has 2 aromatic carbocycles. The first-order valence-electron chi connectivity index (χ1n) is 7.83. The number of nitrogens with one attached hydrogen (secondary N) is 1. The summed E-state index contributed by atoms with van der Waals surface area (Å²) in [4.78, 5) is 11.9. The topological polar surface area (TPSA) is 38.3 Å². The third-order valence-corrected chi connectivity index (χ3v) is 4.45. The predicted octanol–water partition coefficient (Wildman–Crippen LogP) is 4.66. The van der Waals surface area contributed by atoms with Crippen LogP contribution in [0.1, 0.15) is 37.3 Å². The van der Waals surface area contributed by atoms with Crippen LogP contribution in [-0.2, 0) is 11.3 Å². The lowest BCUT2D eigenvalue weighted by Crippen LogP contribution is -2.28. The van der Waals surface area contributed by atoms with Crippen LogP contribution in [0.25, 0.3) is 0 Å². The molecule has 2 rings (SSSR count). The highest BCUT2D eigenvalue weighted by molar-refractivity contribution is 9.10. The summed E-state index contributed by atoms with van der Waals surface area (Å²) in [6.07, 6.45) is 1.09. The molecule has 1 N–H and O–H groups in total. The molecule has 0 aliphatic rings. The lowest BCUT2D eigenvalue weighted by Gasteiger charge is -2.13. The average Bonchev–Trinajstić information content (AvgIpc) is 2.59. The molecule has 3 nitrogen and oxygen atoms in total. The molecular formula is C19H22BrNO2. The second kappa shape index (κ2) is 8.73. The van der Waals surface area contributed by atoms with Crippen LogP contribution in [-0.4, -0.2) is 12.5 Å². The quantitative estimate of drug-likeness (QED) is 0.764. The van der Waals surface area contributed by atoms with Crippen molar-refractivity contribution in [1.29, 1.82) is 0 Å². The summed E-state index contributed by atoms with van der Waals surface area (Å²) < 4.78 is 6.48. The van der Waals surface area contributed by atoms with Crippen molar-refractivity contribution in [2.75, 3.05) is 6.61 Å². The summed E-state index contributed by atoms with van der Waals surface area (Å²) in [5, 5.41) is 2.85. The molecule has 1 amide bonds. The highest BCUT2D eigenvalue weighted by Crippen LogP contribution is 2.29. The van der Waals surface area contributed by atoms with Gasteiger partial charge in [0.15, 0.2) is 6.61 Å². The van der Waals surface area contributed by atoms with Crippen LogP contribution in [0.5, 0.6) is 5.75 Å². The molecule has 2 aromatic rings. The zero-order chi connectivity index (χ0) is 16.7. The maximum atomic E-state index is 11.9. The average molecular weight is 376 g/mol. The number of ether oxygens (including phenoxy) is 1. The molecule has 0 aliphatic heterocycles. The zero-order valence-corrected chi connectivity index (χ0v) is 15.1. The van der Waals surface area contributed by atoms with Gasteiger partial charge in [-0.15, -0.1) is 0 Å². The van der Waals surface area contributed by atoms with Crippen molar-refractivity contribution in [3.63, 3.8) is 0 Å². The summed E-state index contributed by atoms with van der Waals surface area (Å²) in [5.41, 5.74) is 2.33. The number of rotatable bonds is 7. The van der Waals surface area contributed by atoms with Gasteiger partial charge in [-0.3, -0.25) is 4.79 Å². The van der Waals surface area contributed by atoms with Gasteiger partial charge < -0.3 is 10.1 Å². The van der Waals surface area contributed by atoms with Crippen LogP contribution in [0.2, 0.25) is 0 Å².